The number of ether oxygens (including phenoxy) is 1. The normalized spacial score (nSPS) is 11.2. The molecule has 0 saturated heterocycles. The Balaban J connectivity index is 2.50. The first-order valence-corrected chi connectivity index (χ1v) is 8.57. The molecule has 124 valence electrons. The minimum atomic E-state index is -3.74. The monoisotopic (exact) mass is 343 g/mol. The third kappa shape index (κ3) is 4.11. The van der Waals surface area contributed by atoms with Crippen LogP contribution in [-0.2, 0) is 19.6 Å². The molecule has 0 bridgehead atoms. The predicted molar refractivity (Wildman–Crippen MR) is 95.2 cm³/mol. The molecule has 5 nitrogen and oxygen atoms in total. The first-order valence-electron chi connectivity index (χ1n) is 7.07. The van der Waals surface area contributed by atoms with Crippen LogP contribution in [-0.4, -0.2) is 21.5 Å². The smallest absolute Gasteiger partial charge is 0.330 e. The maximum Gasteiger partial charge on any atom is 0.330 e. The Labute approximate surface area is 141 Å². The van der Waals surface area contributed by atoms with Gasteiger partial charge in [-0.25, -0.2) is 17.5 Å². The van der Waals surface area contributed by atoms with E-state index >= 15 is 0 Å². The summed E-state index contributed by atoms with van der Waals surface area (Å²) in [6, 6.07) is 15.5. The van der Waals surface area contributed by atoms with E-state index < -0.39 is 16.0 Å². The molecule has 0 radical (unpaired) electrons. The molecule has 2 aromatic rings. The number of carbonyl (C=O) groups excluding carboxylic acids is 1. The van der Waals surface area contributed by atoms with Gasteiger partial charge in [0.15, 0.2) is 0 Å². The molecule has 0 fully saturated rings. The molecular formula is C18H17NO4S. The van der Waals surface area contributed by atoms with Crippen LogP contribution in [0.15, 0.2) is 72.7 Å². The molecule has 0 N–H and O–H groups in total. The Morgan fingerprint density at radius 3 is 2.38 bits per heavy atom. The minimum Gasteiger partial charge on any atom is -0.466 e. The number of benzene rings is 2. The molecule has 0 spiro atoms. The van der Waals surface area contributed by atoms with Crippen LogP contribution in [0.4, 0.5) is 11.4 Å². The highest BCUT2D eigenvalue weighted by Crippen LogP contribution is 2.30. The number of esters is 1. The fraction of sp³-hybridized carbons (Fsp3) is 0.0556. The van der Waals surface area contributed by atoms with Crippen molar-refractivity contribution >= 4 is 33.4 Å². The van der Waals surface area contributed by atoms with Crippen molar-refractivity contribution in [3.63, 3.8) is 0 Å². The zero-order valence-corrected chi connectivity index (χ0v) is 13.9. The van der Waals surface area contributed by atoms with E-state index in [1.165, 1.54) is 17.5 Å². The van der Waals surface area contributed by atoms with E-state index in [0.717, 1.165) is 5.41 Å². The Morgan fingerprint density at radius 2 is 1.75 bits per heavy atom. The number of hydrogen-bond acceptors (Lipinski definition) is 4. The average molecular weight is 343 g/mol. The highest BCUT2D eigenvalue weighted by Gasteiger charge is 2.21. The van der Waals surface area contributed by atoms with E-state index in [2.05, 4.69) is 11.3 Å². The number of sulfonamides is 1. The second kappa shape index (κ2) is 7.61. The van der Waals surface area contributed by atoms with E-state index in [1.54, 1.807) is 60.7 Å². The Kier molecular flexibility index (Phi) is 5.55. The fourth-order valence-corrected chi connectivity index (χ4v) is 3.04. The van der Waals surface area contributed by atoms with Gasteiger partial charge in [0, 0.05) is 11.5 Å². The average Bonchev–Trinajstić information content (AvgIpc) is 2.61. The van der Waals surface area contributed by atoms with Crippen LogP contribution in [0, 0.1) is 0 Å². The lowest BCUT2D eigenvalue weighted by molar-refractivity contribution is -0.134. The van der Waals surface area contributed by atoms with Gasteiger partial charge in [-0.3, -0.25) is 0 Å². The molecule has 0 saturated carbocycles. The third-order valence-electron chi connectivity index (χ3n) is 3.17. The van der Waals surface area contributed by atoms with Crippen molar-refractivity contribution in [2.75, 3.05) is 11.4 Å². The van der Waals surface area contributed by atoms with E-state index in [0.29, 0.717) is 16.9 Å². The van der Waals surface area contributed by atoms with Crippen LogP contribution in [0.2, 0.25) is 0 Å². The molecule has 6 heteroatoms. The summed E-state index contributed by atoms with van der Waals surface area (Å²) in [6.07, 6.45) is 2.83. The number of methoxy groups -OCH3 is 1. The number of hydrogen-bond donors (Lipinski definition) is 0. The molecule has 24 heavy (non-hydrogen) atoms. The summed E-state index contributed by atoms with van der Waals surface area (Å²) in [6.45, 7) is 3.39. The number of anilines is 2. The van der Waals surface area contributed by atoms with Crippen molar-refractivity contribution in [2.24, 2.45) is 0 Å². The first-order chi connectivity index (χ1) is 11.5. The lowest BCUT2D eigenvalue weighted by Gasteiger charge is -2.23. The second-order valence-electron chi connectivity index (χ2n) is 4.76. The summed E-state index contributed by atoms with van der Waals surface area (Å²) >= 11 is 0. The van der Waals surface area contributed by atoms with Crippen molar-refractivity contribution in [3.05, 3.63) is 78.2 Å². The maximum atomic E-state index is 12.4. The molecular weight excluding hydrogens is 326 g/mol. The van der Waals surface area contributed by atoms with Crippen molar-refractivity contribution in [2.45, 2.75) is 0 Å². The topological polar surface area (TPSA) is 63.7 Å². The van der Waals surface area contributed by atoms with Crippen LogP contribution in [0.5, 0.6) is 0 Å². The number of rotatable bonds is 6. The molecule has 0 atom stereocenters. The van der Waals surface area contributed by atoms with E-state index in [9.17, 15) is 13.2 Å². The van der Waals surface area contributed by atoms with Crippen LogP contribution in [0.3, 0.4) is 0 Å². The SMILES string of the molecule is C=CS(=O)(=O)N(c1ccccc1)c1cccc(/C=C/C(=O)OC)c1. The predicted octanol–water partition coefficient (Wildman–Crippen LogP) is 3.48. The van der Waals surface area contributed by atoms with E-state index in [-0.39, 0.29) is 0 Å². The van der Waals surface area contributed by atoms with Gasteiger partial charge in [-0.15, -0.1) is 0 Å². The van der Waals surface area contributed by atoms with Crippen molar-refractivity contribution < 1.29 is 17.9 Å². The molecule has 2 rings (SSSR count). The lowest BCUT2D eigenvalue weighted by atomic mass is 10.2. The maximum absolute atomic E-state index is 12.4. The summed E-state index contributed by atoms with van der Waals surface area (Å²) in [5, 5.41) is 0.900. The summed E-state index contributed by atoms with van der Waals surface area (Å²) in [4.78, 5) is 11.2. The molecule has 0 unspecified atom stereocenters. The minimum absolute atomic E-state index is 0.438. The molecule has 0 aliphatic rings. The Morgan fingerprint density at radius 1 is 1.08 bits per heavy atom. The van der Waals surface area contributed by atoms with Crippen LogP contribution in [0.25, 0.3) is 6.08 Å². The van der Waals surface area contributed by atoms with Gasteiger partial charge in [0.1, 0.15) is 0 Å². The summed E-state index contributed by atoms with van der Waals surface area (Å²) in [5.41, 5.74) is 1.60. The van der Waals surface area contributed by atoms with Crippen LogP contribution in [0.1, 0.15) is 5.56 Å². The molecule has 2 aromatic carbocycles. The highest BCUT2D eigenvalue weighted by molar-refractivity contribution is 7.95. The standard InChI is InChI=1S/C18H17NO4S/c1-3-24(21,22)19(16-9-5-4-6-10-16)17-11-7-8-15(14-17)12-13-18(20)23-2/h3-14H,1H2,2H3/b13-12+. The van der Waals surface area contributed by atoms with Gasteiger partial charge < -0.3 is 4.74 Å². The van der Waals surface area contributed by atoms with E-state index in [4.69, 9.17) is 0 Å². The number of para-hydroxylation sites is 1. The lowest BCUT2D eigenvalue weighted by Crippen LogP contribution is -2.23. The number of nitrogens with zero attached hydrogens (tertiary/aromatic N) is 1. The largest absolute Gasteiger partial charge is 0.466 e. The van der Waals surface area contributed by atoms with Crippen molar-refractivity contribution in [3.8, 4) is 0 Å². The van der Waals surface area contributed by atoms with Gasteiger partial charge >= 0.3 is 5.97 Å². The number of carbonyl (C=O) groups is 1. The van der Waals surface area contributed by atoms with Gasteiger partial charge in [-0.2, -0.15) is 0 Å². The second-order valence-corrected chi connectivity index (χ2v) is 6.49. The quantitative estimate of drug-likeness (QED) is 0.595. The first kappa shape index (κ1) is 17.5. The third-order valence-corrected chi connectivity index (χ3v) is 4.53. The zero-order valence-electron chi connectivity index (χ0n) is 13.1. The fourth-order valence-electron chi connectivity index (χ4n) is 2.07. The molecule has 0 amide bonds. The van der Waals surface area contributed by atoms with Crippen molar-refractivity contribution in [1.29, 1.82) is 0 Å². The highest BCUT2D eigenvalue weighted by atomic mass is 32.2. The van der Waals surface area contributed by atoms with Crippen LogP contribution >= 0.6 is 0 Å². The summed E-state index contributed by atoms with van der Waals surface area (Å²) < 4.78 is 30.6. The van der Waals surface area contributed by atoms with Gasteiger partial charge in [-0.1, -0.05) is 36.9 Å². The van der Waals surface area contributed by atoms with Crippen LogP contribution < -0.4 is 4.31 Å². The Bertz CT molecular complexity index is 858. The zero-order chi connectivity index (χ0) is 17.6. The van der Waals surface area contributed by atoms with Gasteiger partial charge in [0.05, 0.1) is 18.5 Å². The molecule has 0 aliphatic heterocycles. The van der Waals surface area contributed by atoms with E-state index in [1.807, 2.05) is 0 Å². The van der Waals surface area contributed by atoms with Gasteiger partial charge in [0.25, 0.3) is 10.0 Å². The summed E-state index contributed by atoms with van der Waals surface area (Å²) in [7, 11) is -2.45. The Hall–Kier alpha value is -2.86. The van der Waals surface area contributed by atoms with Crippen molar-refractivity contribution in [1.82, 2.24) is 0 Å². The summed E-state index contributed by atoms with van der Waals surface area (Å²) in [5.74, 6) is -0.487. The molecule has 0 heterocycles. The van der Waals surface area contributed by atoms with Gasteiger partial charge in [-0.05, 0) is 35.9 Å². The molecule has 0 aromatic heterocycles. The van der Waals surface area contributed by atoms with Gasteiger partial charge in [0.2, 0.25) is 0 Å². The molecule has 0 aliphatic carbocycles.